The highest BCUT2D eigenvalue weighted by Gasteiger charge is 2.28. The number of esters is 1. The van der Waals surface area contributed by atoms with E-state index in [-0.39, 0.29) is 33.1 Å². The fourth-order valence-electron chi connectivity index (χ4n) is 4.13. The number of rotatable bonds is 7. The van der Waals surface area contributed by atoms with Crippen molar-refractivity contribution < 1.29 is 31.2 Å². The van der Waals surface area contributed by atoms with E-state index in [1.54, 1.807) is 4.57 Å². The van der Waals surface area contributed by atoms with Crippen LogP contribution in [0.1, 0.15) is 36.5 Å². The van der Waals surface area contributed by atoms with Crippen molar-refractivity contribution in [2.24, 2.45) is 16.0 Å². The number of ether oxygens (including phenoxy) is 1. The highest BCUT2D eigenvalue weighted by molar-refractivity contribution is 7.89. The first-order valence-electron chi connectivity index (χ1n) is 11.8. The summed E-state index contributed by atoms with van der Waals surface area (Å²) in [4.78, 5) is 29.2. The number of methoxy groups -OCH3 is 1. The Balaban J connectivity index is 1.67. The molecule has 1 aliphatic heterocycles. The zero-order valence-corrected chi connectivity index (χ0v) is 23.3. The summed E-state index contributed by atoms with van der Waals surface area (Å²) in [5.41, 5.74) is 0.744. The SMILES string of the molecule is COC(=O)CCn1c(=NC(=O)c2ccc(S(=O)(=O)N3CCC(C)CC3)cc2)sc2cc(S(N)(=O)=O)ccc21. The molecule has 0 bridgehead atoms. The third kappa shape index (κ3) is 6.04. The van der Waals surface area contributed by atoms with Crippen molar-refractivity contribution in [3.05, 3.63) is 52.8 Å². The fraction of sp³-hybridized carbons (Fsp3) is 0.375. The maximum absolute atomic E-state index is 13.0. The van der Waals surface area contributed by atoms with Gasteiger partial charge in [0.05, 0.1) is 33.5 Å². The van der Waals surface area contributed by atoms with Gasteiger partial charge in [0.15, 0.2) is 4.80 Å². The average Bonchev–Trinajstić information content (AvgIpc) is 3.23. The zero-order valence-electron chi connectivity index (χ0n) is 20.9. The summed E-state index contributed by atoms with van der Waals surface area (Å²) in [5, 5.41) is 5.25. The van der Waals surface area contributed by atoms with E-state index >= 15 is 0 Å². The van der Waals surface area contributed by atoms with E-state index in [0.717, 1.165) is 24.2 Å². The second kappa shape index (κ2) is 11.1. The Bertz CT molecular complexity index is 1650. The molecule has 204 valence electrons. The van der Waals surface area contributed by atoms with Gasteiger partial charge in [0.1, 0.15) is 0 Å². The van der Waals surface area contributed by atoms with Gasteiger partial charge in [-0.1, -0.05) is 18.3 Å². The van der Waals surface area contributed by atoms with E-state index in [0.29, 0.717) is 29.2 Å². The lowest BCUT2D eigenvalue weighted by Gasteiger charge is -2.29. The van der Waals surface area contributed by atoms with E-state index < -0.39 is 31.9 Å². The lowest BCUT2D eigenvalue weighted by molar-refractivity contribution is -0.140. The third-order valence-electron chi connectivity index (χ3n) is 6.43. The van der Waals surface area contributed by atoms with E-state index in [9.17, 15) is 26.4 Å². The number of nitrogens with zero attached hydrogens (tertiary/aromatic N) is 3. The molecular formula is C24H28N4O7S3. The summed E-state index contributed by atoms with van der Waals surface area (Å²) >= 11 is 1.06. The van der Waals surface area contributed by atoms with Crippen LogP contribution in [-0.2, 0) is 36.1 Å². The van der Waals surface area contributed by atoms with Gasteiger partial charge in [-0.15, -0.1) is 0 Å². The molecule has 1 aliphatic rings. The minimum Gasteiger partial charge on any atom is -0.469 e. The first kappa shape index (κ1) is 28.1. The molecule has 0 saturated carbocycles. The Kier molecular flexibility index (Phi) is 8.18. The normalized spacial score (nSPS) is 16.1. The quantitative estimate of drug-likeness (QED) is 0.419. The topological polar surface area (TPSA) is 158 Å². The molecule has 2 N–H and O–H groups in total. The van der Waals surface area contributed by atoms with Crippen LogP contribution in [0.5, 0.6) is 0 Å². The number of fused-ring (bicyclic) bond motifs is 1. The smallest absolute Gasteiger partial charge is 0.307 e. The molecule has 1 fully saturated rings. The van der Waals surface area contributed by atoms with Crippen LogP contribution in [0.15, 0.2) is 57.2 Å². The van der Waals surface area contributed by atoms with Crippen LogP contribution in [0.25, 0.3) is 10.2 Å². The van der Waals surface area contributed by atoms with Gasteiger partial charge in [-0.05, 0) is 61.2 Å². The third-order valence-corrected chi connectivity index (χ3v) is 10.3. The van der Waals surface area contributed by atoms with Gasteiger partial charge in [0.2, 0.25) is 20.0 Å². The molecule has 0 radical (unpaired) electrons. The molecule has 1 amide bonds. The fourth-order valence-corrected chi connectivity index (χ4v) is 7.31. The van der Waals surface area contributed by atoms with Crippen molar-refractivity contribution in [3.8, 4) is 0 Å². The highest BCUT2D eigenvalue weighted by atomic mass is 32.2. The second-order valence-electron chi connectivity index (χ2n) is 9.06. The maximum atomic E-state index is 13.0. The molecule has 4 rings (SSSR count). The molecule has 1 saturated heterocycles. The Labute approximate surface area is 224 Å². The van der Waals surface area contributed by atoms with Gasteiger partial charge in [-0.3, -0.25) is 9.59 Å². The monoisotopic (exact) mass is 580 g/mol. The molecule has 0 atom stereocenters. The van der Waals surface area contributed by atoms with E-state index in [2.05, 4.69) is 11.9 Å². The average molecular weight is 581 g/mol. The van der Waals surface area contributed by atoms with Gasteiger partial charge in [0.25, 0.3) is 5.91 Å². The summed E-state index contributed by atoms with van der Waals surface area (Å²) in [6.45, 7) is 3.16. The van der Waals surface area contributed by atoms with Crippen LogP contribution >= 0.6 is 11.3 Å². The number of carbonyl (C=O) groups is 2. The number of benzene rings is 2. The van der Waals surface area contributed by atoms with Gasteiger partial charge in [0, 0.05) is 25.2 Å². The molecule has 3 aromatic rings. The first-order chi connectivity index (χ1) is 17.9. The van der Waals surface area contributed by atoms with Gasteiger partial charge in [-0.25, -0.2) is 22.0 Å². The largest absolute Gasteiger partial charge is 0.469 e. The number of sulfonamides is 2. The standard InChI is InChI=1S/C24H28N4O7S3/c1-16-9-12-27(13-10-16)38(33,34)18-5-3-17(4-6-18)23(30)26-24-28(14-11-22(29)35-2)20-8-7-19(37(25,31)32)15-21(20)36-24/h3-8,15-16H,9-14H2,1-2H3,(H2,25,31,32). The van der Waals surface area contributed by atoms with Crippen LogP contribution in [0.3, 0.4) is 0 Å². The number of piperidine rings is 1. The van der Waals surface area contributed by atoms with E-state index in [1.807, 2.05) is 0 Å². The van der Waals surface area contributed by atoms with Crippen LogP contribution in [0, 0.1) is 5.92 Å². The lowest BCUT2D eigenvalue weighted by atomic mass is 10.0. The Morgan fingerprint density at radius 3 is 2.29 bits per heavy atom. The number of hydrogen-bond donors (Lipinski definition) is 1. The van der Waals surface area contributed by atoms with Gasteiger partial charge < -0.3 is 9.30 Å². The molecule has 14 heteroatoms. The summed E-state index contributed by atoms with van der Waals surface area (Å²) in [6, 6.07) is 9.87. The number of thiazole rings is 1. The maximum Gasteiger partial charge on any atom is 0.307 e. The summed E-state index contributed by atoms with van der Waals surface area (Å²) in [7, 11) is -6.34. The number of hydrogen-bond acceptors (Lipinski definition) is 8. The number of amides is 1. The minimum atomic E-state index is -3.95. The van der Waals surface area contributed by atoms with Crippen LogP contribution < -0.4 is 9.94 Å². The molecule has 0 spiro atoms. The summed E-state index contributed by atoms with van der Waals surface area (Å²) < 4.78 is 57.9. The Morgan fingerprint density at radius 2 is 1.68 bits per heavy atom. The zero-order chi connectivity index (χ0) is 27.7. The van der Waals surface area contributed by atoms with Crippen LogP contribution in [-0.4, -0.2) is 57.8 Å². The van der Waals surface area contributed by atoms with Crippen molar-refractivity contribution in [2.75, 3.05) is 20.2 Å². The van der Waals surface area contributed by atoms with E-state index in [1.165, 1.54) is 53.9 Å². The predicted octanol–water partition coefficient (Wildman–Crippen LogP) is 2.07. The molecule has 38 heavy (non-hydrogen) atoms. The lowest BCUT2D eigenvalue weighted by Crippen LogP contribution is -2.37. The predicted molar refractivity (Wildman–Crippen MR) is 141 cm³/mol. The molecule has 1 aromatic heterocycles. The van der Waals surface area contributed by atoms with E-state index in [4.69, 9.17) is 9.88 Å². The summed E-state index contributed by atoms with van der Waals surface area (Å²) in [5.74, 6) is -0.598. The van der Waals surface area contributed by atoms with Crippen molar-refractivity contribution in [2.45, 2.75) is 42.5 Å². The summed E-state index contributed by atoms with van der Waals surface area (Å²) in [6.07, 6.45) is 1.61. The molecule has 11 nitrogen and oxygen atoms in total. The number of carbonyl (C=O) groups excluding carboxylic acids is 2. The molecular weight excluding hydrogens is 552 g/mol. The van der Waals surface area contributed by atoms with Gasteiger partial charge in [-0.2, -0.15) is 9.30 Å². The van der Waals surface area contributed by atoms with Crippen molar-refractivity contribution in [1.29, 1.82) is 0 Å². The van der Waals surface area contributed by atoms with Crippen molar-refractivity contribution in [1.82, 2.24) is 8.87 Å². The first-order valence-corrected chi connectivity index (χ1v) is 15.6. The Hall–Kier alpha value is -2.91. The van der Waals surface area contributed by atoms with Crippen LogP contribution in [0.2, 0.25) is 0 Å². The molecule has 0 unspecified atom stereocenters. The molecule has 2 heterocycles. The number of aryl methyl sites for hydroxylation is 1. The highest BCUT2D eigenvalue weighted by Crippen LogP contribution is 2.24. The number of aromatic nitrogens is 1. The minimum absolute atomic E-state index is 0.00246. The van der Waals surface area contributed by atoms with Crippen molar-refractivity contribution >= 4 is 53.5 Å². The Morgan fingerprint density at radius 1 is 1.05 bits per heavy atom. The number of primary sulfonamides is 1. The second-order valence-corrected chi connectivity index (χ2v) is 13.6. The van der Waals surface area contributed by atoms with Gasteiger partial charge >= 0.3 is 5.97 Å². The molecule has 0 aliphatic carbocycles. The molecule has 2 aromatic carbocycles. The van der Waals surface area contributed by atoms with Crippen LogP contribution in [0.4, 0.5) is 0 Å². The van der Waals surface area contributed by atoms with Crippen molar-refractivity contribution in [3.63, 3.8) is 0 Å². The number of nitrogens with two attached hydrogens (primary N) is 1.